The van der Waals surface area contributed by atoms with Crippen LogP contribution in [0.5, 0.6) is 0 Å². The minimum atomic E-state index is -1.56. The summed E-state index contributed by atoms with van der Waals surface area (Å²) in [6.07, 6.45) is 1.22. The molecule has 0 saturated carbocycles. The molecule has 2 aromatic heterocycles. The molecule has 0 spiro atoms. The average Bonchev–Trinajstić information content (AvgIpc) is 2.79. The van der Waals surface area contributed by atoms with Gasteiger partial charge in [0.05, 0.1) is 11.9 Å². The van der Waals surface area contributed by atoms with Crippen molar-refractivity contribution >= 4 is 11.0 Å². The first-order chi connectivity index (χ1) is 9.47. The Labute approximate surface area is 109 Å². The van der Waals surface area contributed by atoms with Crippen LogP contribution in [0.4, 0.5) is 13.2 Å². The standard InChI is InChI=1S/C12H7F3N4O/c1-5-17-11-7(12(20)18-5)4-16-19(11)6-2-8(13)10(15)9(14)3-6/h2-4H,1H3,(H,17,18,20). The third kappa shape index (κ3) is 1.77. The lowest BCUT2D eigenvalue weighted by Crippen LogP contribution is -2.10. The number of rotatable bonds is 1. The second kappa shape index (κ2) is 4.19. The number of aryl methyl sites for hydroxylation is 1. The van der Waals surface area contributed by atoms with E-state index in [9.17, 15) is 18.0 Å². The summed E-state index contributed by atoms with van der Waals surface area (Å²) in [7, 11) is 0. The summed E-state index contributed by atoms with van der Waals surface area (Å²) in [5.74, 6) is -3.92. The van der Waals surface area contributed by atoms with Crippen molar-refractivity contribution in [2.45, 2.75) is 6.92 Å². The van der Waals surface area contributed by atoms with Crippen molar-refractivity contribution in [2.24, 2.45) is 0 Å². The van der Waals surface area contributed by atoms with Crippen LogP contribution < -0.4 is 5.56 Å². The monoisotopic (exact) mass is 280 g/mol. The summed E-state index contributed by atoms with van der Waals surface area (Å²) in [5, 5.41) is 4.03. The van der Waals surface area contributed by atoms with Gasteiger partial charge in [0, 0.05) is 12.1 Å². The number of nitrogens with one attached hydrogen (secondary N) is 1. The van der Waals surface area contributed by atoms with E-state index < -0.39 is 23.0 Å². The summed E-state index contributed by atoms with van der Waals surface area (Å²) in [5.41, 5.74) is -0.340. The number of nitrogens with zero attached hydrogens (tertiary/aromatic N) is 3. The smallest absolute Gasteiger partial charge is 0.262 e. The SMILES string of the molecule is Cc1nc2c(cnn2-c2cc(F)c(F)c(F)c2)c(=O)[nH]1. The first-order valence-corrected chi connectivity index (χ1v) is 5.57. The molecule has 8 heteroatoms. The van der Waals surface area contributed by atoms with E-state index in [1.807, 2.05) is 0 Å². The van der Waals surface area contributed by atoms with Gasteiger partial charge in [-0.15, -0.1) is 0 Å². The van der Waals surface area contributed by atoms with Crippen LogP contribution in [0.15, 0.2) is 23.1 Å². The number of hydrogen-bond acceptors (Lipinski definition) is 3. The highest BCUT2D eigenvalue weighted by atomic mass is 19.2. The molecule has 0 fully saturated rings. The van der Waals surface area contributed by atoms with Crippen LogP contribution in [0, 0.1) is 24.4 Å². The van der Waals surface area contributed by atoms with Gasteiger partial charge in [-0.1, -0.05) is 0 Å². The van der Waals surface area contributed by atoms with E-state index >= 15 is 0 Å². The maximum Gasteiger partial charge on any atom is 0.262 e. The molecule has 0 aliphatic carbocycles. The second-order valence-corrected chi connectivity index (χ2v) is 4.17. The molecule has 3 rings (SSSR count). The third-order valence-corrected chi connectivity index (χ3v) is 2.77. The third-order valence-electron chi connectivity index (χ3n) is 2.77. The molecule has 3 aromatic rings. The van der Waals surface area contributed by atoms with Crippen molar-refractivity contribution < 1.29 is 13.2 Å². The van der Waals surface area contributed by atoms with Gasteiger partial charge in [-0.2, -0.15) is 5.10 Å². The zero-order valence-corrected chi connectivity index (χ0v) is 10.1. The van der Waals surface area contributed by atoms with E-state index in [1.165, 1.54) is 6.20 Å². The summed E-state index contributed by atoms with van der Waals surface area (Å²) in [6, 6.07) is 1.56. The second-order valence-electron chi connectivity index (χ2n) is 4.17. The van der Waals surface area contributed by atoms with Crippen molar-refractivity contribution in [3.63, 3.8) is 0 Å². The summed E-state index contributed by atoms with van der Waals surface area (Å²) in [4.78, 5) is 18.2. The fourth-order valence-corrected chi connectivity index (χ4v) is 1.88. The van der Waals surface area contributed by atoms with Crippen molar-refractivity contribution in [2.75, 3.05) is 0 Å². The highest BCUT2D eigenvalue weighted by molar-refractivity contribution is 5.75. The largest absolute Gasteiger partial charge is 0.310 e. The lowest BCUT2D eigenvalue weighted by atomic mass is 10.3. The van der Waals surface area contributed by atoms with Crippen LogP contribution in [0.25, 0.3) is 16.7 Å². The molecule has 0 aliphatic heterocycles. The Hall–Kier alpha value is -2.64. The lowest BCUT2D eigenvalue weighted by molar-refractivity contribution is 0.446. The number of fused-ring (bicyclic) bond motifs is 1. The highest BCUT2D eigenvalue weighted by Crippen LogP contribution is 2.19. The number of aromatic amines is 1. The van der Waals surface area contributed by atoms with Gasteiger partial charge in [-0.05, 0) is 6.92 Å². The zero-order valence-electron chi connectivity index (χ0n) is 10.1. The molecule has 0 amide bonds. The van der Waals surface area contributed by atoms with Crippen LogP contribution in [-0.4, -0.2) is 19.7 Å². The number of aromatic nitrogens is 4. The predicted molar refractivity (Wildman–Crippen MR) is 64.1 cm³/mol. The maximum atomic E-state index is 13.2. The van der Waals surface area contributed by atoms with Crippen molar-refractivity contribution in [3.8, 4) is 5.69 Å². The topological polar surface area (TPSA) is 63.6 Å². The predicted octanol–water partition coefficient (Wildman–Crippen LogP) is 1.83. The molecule has 0 radical (unpaired) electrons. The molecule has 0 saturated heterocycles. The zero-order chi connectivity index (χ0) is 14.4. The quantitative estimate of drug-likeness (QED) is 0.692. The Morgan fingerprint density at radius 1 is 1.20 bits per heavy atom. The van der Waals surface area contributed by atoms with E-state index in [4.69, 9.17) is 0 Å². The Kier molecular flexibility index (Phi) is 2.60. The first-order valence-electron chi connectivity index (χ1n) is 5.57. The van der Waals surface area contributed by atoms with E-state index in [2.05, 4.69) is 15.1 Å². The van der Waals surface area contributed by atoms with Crippen LogP contribution in [-0.2, 0) is 0 Å². The molecule has 0 aliphatic rings. The van der Waals surface area contributed by atoms with Gasteiger partial charge < -0.3 is 4.98 Å². The molecule has 5 nitrogen and oxygen atoms in total. The van der Waals surface area contributed by atoms with E-state index in [1.54, 1.807) is 6.92 Å². The van der Waals surface area contributed by atoms with Crippen LogP contribution in [0.1, 0.15) is 5.82 Å². The lowest BCUT2D eigenvalue weighted by Gasteiger charge is -2.04. The number of H-pyrrole nitrogens is 1. The van der Waals surface area contributed by atoms with Crippen molar-refractivity contribution in [3.05, 3.63) is 52.0 Å². The van der Waals surface area contributed by atoms with E-state index in [0.717, 1.165) is 16.8 Å². The Morgan fingerprint density at radius 3 is 2.50 bits per heavy atom. The first kappa shape index (κ1) is 12.4. The molecule has 0 unspecified atom stereocenters. The van der Waals surface area contributed by atoms with Crippen LogP contribution in [0.3, 0.4) is 0 Å². The normalized spacial score (nSPS) is 11.2. The van der Waals surface area contributed by atoms with Gasteiger partial charge in [-0.3, -0.25) is 4.79 Å². The number of hydrogen-bond donors (Lipinski definition) is 1. The molecular formula is C12H7F3N4O. The molecule has 20 heavy (non-hydrogen) atoms. The molecule has 2 heterocycles. The van der Waals surface area contributed by atoms with Gasteiger partial charge in [-0.25, -0.2) is 22.8 Å². The molecule has 0 atom stereocenters. The van der Waals surface area contributed by atoms with Crippen LogP contribution in [0.2, 0.25) is 0 Å². The summed E-state index contributed by atoms with van der Waals surface area (Å²) in [6.45, 7) is 1.56. The Bertz CT molecular complexity index is 861. The van der Waals surface area contributed by atoms with Gasteiger partial charge in [0.15, 0.2) is 23.1 Å². The summed E-state index contributed by atoms with van der Waals surface area (Å²) < 4.78 is 40.5. The summed E-state index contributed by atoms with van der Waals surface area (Å²) >= 11 is 0. The minimum absolute atomic E-state index is 0.0612. The van der Waals surface area contributed by atoms with Gasteiger partial charge in [0.25, 0.3) is 5.56 Å². The van der Waals surface area contributed by atoms with Gasteiger partial charge in [0.2, 0.25) is 0 Å². The van der Waals surface area contributed by atoms with Crippen LogP contribution >= 0.6 is 0 Å². The van der Waals surface area contributed by atoms with Gasteiger partial charge in [0.1, 0.15) is 11.2 Å². The molecule has 102 valence electrons. The average molecular weight is 280 g/mol. The molecule has 1 N–H and O–H groups in total. The minimum Gasteiger partial charge on any atom is -0.310 e. The fourth-order valence-electron chi connectivity index (χ4n) is 1.88. The van der Waals surface area contributed by atoms with Crippen molar-refractivity contribution in [1.82, 2.24) is 19.7 Å². The maximum absolute atomic E-state index is 13.2. The fraction of sp³-hybridized carbons (Fsp3) is 0.0833. The Balaban J connectivity index is 2.33. The van der Waals surface area contributed by atoms with Crippen molar-refractivity contribution in [1.29, 1.82) is 0 Å². The number of halogens is 3. The molecule has 1 aromatic carbocycles. The van der Waals surface area contributed by atoms with Gasteiger partial charge >= 0.3 is 0 Å². The van der Waals surface area contributed by atoms with E-state index in [0.29, 0.717) is 5.82 Å². The molecular weight excluding hydrogens is 273 g/mol. The highest BCUT2D eigenvalue weighted by Gasteiger charge is 2.15. The Morgan fingerprint density at radius 2 is 1.85 bits per heavy atom. The molecule has 0 bridgehead atoms. The van der Waals surface area contributed by atoms with E-state index in [-0.39, 0.29) is 16.7 Å². The number of benzene rings is 1.